The van der Waals surface area contributed by atoms with E-state index in [0.717, 1.165) is 30.7 Å². The number of hydrogen-bond acceptors (Lipinski definition) is 4. The number of hydrogen-bond donors (Lipinski definition) is 1. The van der Waals surface area contributed by atoms with Crippen LogP contribution >= 0.6 is 0 Å². The molecule has 2 amide bonds. The minimum atomic E-state index is -0.101. The predicted octanol–water partition coefficient (Wildman–Crippen LogP) is 4.78. The van der Waals surface area contributed by atoms with Crippen molar-refractivity contribution in [3.05, 3.63) is 90.0 Å². The van der Waals surface area contributed by atoms with Crippen LogP contribution in [-0.2, 0) is 4.79 Å². The van der Waals surface area contributed by atoms with Crippen molar-refractivity contribution in [3.8, 4) is 16.9 Å². The number of carbonyl (C=O) groups is 2. The molecule has 3 aromatic rings. The lowest BCUT2D eigenvalue weighted by Crippen LogP contribution is -2.37. The molecular formula is C30H35N3O3. The second-order valence-electron chi connectivity index (χ2n) is 9.65. The van der Waals surface area contributed by atoms with Crippen LogP contribution in [0, 0.1) is 0 Å². The Labute approximate surface area is 213 Å². The molecule has 6 nitrogen and oxygen atoms in total. The van der Waals surface area contributed by atoms with E-state index in [0.29, 0.717) is 18.7 Å². The monoisotopic (exact) mass is 485 g/mol. The molecule has 4 rings (SSSR count). The largest absolute Gasteiger partial charge is 0.486 e. The van der Waals surface area contributed by atoms with Gasteiger partial charge in [0.2, 0.25) is 5.91 Å². The first-order valence-corrected chi connectivity index (χ1v) is 12.5. The first kappa shape index (κ1) is 25.5. The van der Waals surface area contributed by atoms with Crippen molar-refractivity contribution in [2.45, 2.75) is 31.9 Å². The number of ether oxygens (including phenoxy) is 1. The van der Waals surface area contributed by atoms with Crippen LogP contribution in [0.5, 0.6) is 5.75 Å². The van der Waals surface area contributed by atoms with Crippen molar-refractivity contribution < 1.29 is 14.3 Å². The summed E-state index contributed by atoms with van der Waals surface area (Å²) in [6.07, 6.45) is 1.52. The van der Waals surface area contributed by atoms with E-state index in [-0.39, 0.29) is 24.0 Å². The molecule has 36 heavy (non-hydrogen) atoms. The smallest absolute Gasteiger partial charge is 0.253 e. The molecule has 3 aromatic carbocycles. The zero-order valence-electron chi connectivity index (χ0n) is 21.3. The van der Waals surface area contributed by atoms with Crippen LogP contribution in [0.15, 0.2) is 78.9 Å². The quantitative estimate of drug-likeness (QED) is 0.474. The van der Waals surface area contributed by atoms with Crippen molar-refractivity contribution >= 4 is 11.8 Å². The molecule has 2 unspecified atom stereocenters. The number of nitrogens with one attached hydrogen (secondary N) is 1. The van der Waals surface area contributed by atoms with E-state index in [1.54, 1.807) is 4.90 Å². The average molecular weight is 486 g/mol. The molecule has 188 valence electrons. The van der Waals surface area contributed by atoms with Crippen LogP contribution < -0.4 is 10.1 Å². The van der Waals surface area contributed by atoms with Crippen LogP contribution in [0.3, 0.4) is 0 Å². The van der Waals surface area contributed by atoms with E-state index in [2.05, 4.69) is 60.7 Å². The summed E-state index contributed by atoms with van der Waals surface area (Å²) in [5.41, 5.74) is 4.12. The van der Waals surface area contributed by atoms with E-state index in [9.17, 15) is 9.59 Å². The summed E-state index contributed by atoms with van der Waals surface area (Å²) in [4.78, 5) is 28.2. The Morgan fingerprint density at radius 1 is 0.972 bits per heavy atom. The SMILES string of the molecule is CC(=O)NC1CCN(C(=O)c2ccc(OC(CCN(C)C)c3ccc(-c4ccccc4)cc3)cc2)C1. The van der Waals surface area contributed by atoms with Crippen molar-refractivity contribution in [3.63, 3.8) is 0 Å². The van der Waals surface area contributed by atoms with Crippen LogP contribution in [-0.4, -0.2) is 61.4 Å². The van der Waals surface area contributed by atoms with Crippen LogP contribution in [0.1, 0.15) is 41.8 Å². The fourth-order valence-corrected chi connectivity index (χ4v) is 4.56. The van der Waals surface area contributed by atoms with Crippen LogP contribution in [0.25, 0.3) is 11.1 Å². The molecule has 6 heteroatoms. The summed E-state index contributed by atoms with van der Waals surface area (Å²) in [5, 5.41) is 2.90. The fraction of sp³-hybridized carbons (Fsp3) is 0.333. The summed E-state index contributed by atoms with van der Waals surface area (Å²) in [7, 11) is 4.12. The Balaban J connectivity index is 1.43. The van der Waals surface area contributed by atoms with Crippen LogP contribution in [0.4, 0.5) is 0 Å². The van der Waals surface area contributed by atoms with Crippen molar-refractivity contribution in [1.82, 2.24) is 15.1 Å². The maximum atomic E-state index is 12.9. The molecule has 0 radical (unpaired) electrons. The Kier molecular flexibility index (Phi) is 8.39. The highest BCUT2D eigenvalue weighted by Crippen LogP contribution is 2.28. The highest BCUT2D eigenvalue weighted by atomic mass is 16.5. The molecule has 1 fully saturated rings. The van der Waals surface area contributed by atoms with Gasteiger partial charge in [0.15, 0.2) is 0 Å². The molecule has 0 aliphatic carbocycles. The Hall–Kier alpha value is -3.64. The Bertz CT molecular complexity index is 1140. The van der Waals surface area contributed by atoms with Gasteiger partial charge in [0, 0.05) is 44.6 Å². The van der Waals surface area contributed by atoms with E-state index >= 15 is 0 Å². The van der Waals surface area contributed by atoms with Crippen LogP contribution in [0.2, 0.25) is 0 Å². The number of amides is 2. The highest BCUT2D eigenvalue weighted by Gasteiger charge is 2.27. The molecule has 0 bridgehead atoms. The van der Waals surface area contributed by atoms with E-state index in [1.165, 1.54) is 18.1 Å². The molecule has 0 aromatic heterocycles. The third-order valence-electron chi connectivity index (χ3n) is 6.49. The molecule has 0 saturated carbocycles. The van der Waals surface area contributed by atoms with Gasteiger partial charge in [0.1, 0.15) is 11.9 Å². The zero-order chi connectivity index (χ0) is 25.5. The van der Waals surface area contributed by atoms with Gasteiger partial charge in [-0.1, -0.05) is 54.6 Å². The number of rotatable bonds is 9. The minimum Gasteiger partial charge on any atom is -0.486 e. The van der Waals surface area contributed by atoms with Gasteiger partial charge in [-0.3, -0.25) is 9.59 Å². The minimum absolute atomic E-state index is 0.0185. The molecular weight excluding hydrogens is 450 g/mol. The standard InChI is InChI=1S/C30H35N3O3/c1-22(34)31-27-17-20-33(21-27)30(35)26-13-15-28(16-14-26)36-29(18-19-32(2)3)25-11-9-24(10-12-25)23-7-5-4-6-8-23/h4-16,27,29H,17-21H2,1-3H3,(H,31,34). The molecule has 1 aliphatic heterocycles. The van der Waals surface area contributed by atoms with E-state index in [1.807, 2.05) is 42.5 Å². The molecule has 1 saturated heterocycles. The number of likely N-dealkylation sites (tertiary alicyclic amines) is 1. The lowest BCUT2D eigenvalue weighted by molar-refractivity contribution is -0.119. The number of benzene rings is 3. The summed E-state index contributed by atoms with van der Waals surface area (Å²) in [6, 6.07) is 26.3. The van der Waals surface area contributed by atoms with Gasteiger partial charge in [0.25, 0.3) is 5.91 Å². The predicted molar refractivity (Wildman–Crippen MR) is 143 cm³/mol. The molecule has 1 N–H and O–H groups in total. The molecule has 1 aliphatic rings. The van der Waals surface area contributed by atoms with Gasteiger partial charge in [-0.25, -0.2) is 0 Å². The van der Waals surface area contributed by atoms with Gasteiger partial charge >= 0.3 is 0 Å². The lowest BCUT2D eigenvalue weighted by Gasteiger charge is -2.22. The second kappa shape index (κ2) is 11.9. The maximum absolute atomic E-state index is 12.9. The first-order valence-electron chi connectivity index (χ1n) is 12.5. The number of carbonyl (C=O) groups excluding carboxylic acids is 2. The maximum Gasteiger partial charge on any atom is 0.253 e. The average Bonchev–Trinajstić information content (AvgIpc) is 3.35. The summed E-state index contributed by atoms with van der Waals surface area (Å²) < 4.78 is 6.42. The van der Waals surface area contributed by atoms with Gasteiger partial charge in [-0.2, -0.15) is 0 Å². The molecule has 1 heterocycles. The summed E-state index contributed by atoms with van der Waals surface area (Å²) >= 11 is 0. The third-order valence-corrected chi connectivity index (χ3v) is 6.49. The molecule has 0 spiro atoms. The van der Waals surface area contributed by atoms with E-state index < -0.39 is 0 Å². The molecule has 2 atom stereocenters. The lowest BCUT2D eigenvalue weighted by atomic mass is 10.0. The highest BCUT2D eigenvalue weighted by molar-refractivity contribution is 5.94. The van der Waals surface area contributed by atoms with E-state index in [4.69, 9.17) is 4.74 Å². The third kappa shape index (κ3) is 6.73. The summed E-state index contributed by atoms with van der Waals surface area (Å²) in [6.45, 7) is 3.59. The first-order chi connectivity index (χ1) is 17.4. The van der Waals surface area contributed by atoms with Crippen molar-refractivity contribution in [1.29, 1.82) is 0 Å². The van der Waals surface area contributed by atoms with Gasteiger partial charge in [-0.05, 0) is 61.5 Å². The summed E-state index contributed by atoms with van der Waals surface area (Å²) in [5.74, 6) is 0.657. The normalized spacial score (nSPS) is 16.1. The van der Waals surface area contributed by atoms with Crippen molar-refractivity contribution in [2.24, 2.45) is 0 Å². The number of nitrogens with zero attached hydrogens (tertiary/aromatic N) is 2. The topological polar surface area (TPSA) is 61.9 Å². The van der Waals surface area contributed by atoms with Crippen molar-refractivity contribution in [2.75, 3.05) is 33.7 Å². The fourth-order valence-electron chi connectivity index (χ4n) is 4.56. The van der Waals surface area contributed by atoms with Gasteiger partial charge in [0.05, 0.1) is 0 Å². The van der Waals surface area contributed by atoms with Gasteiger partial charge < -0.3 is 19.9 Å². The van der Waals surface area contributed by atoms with Gasteiger partial charge in [-0.15, -0.1) is 0 Å². The Morgan fingerprint density at radius 2 is 1.64 bits per heavy atom. The Morgan fingerprint density at radius 3 is 2.28 bits per heavy atom. The zero-order valence-corrected chi connectivity index (χ0v) is 21.3. The second-order valence-corrected chi connectivity index (χ2v) is 9.65.